The minimum Gasteiger partial charge on any atom is -0.393 e. The van der Waals surface area contributed by atoms with E-state index < -0.39 is 0 Å². The molecular weight excluding hydrogens is 184 g/mol. The molecule has 0 amide bonds. The van der Waals surface area contributed by atoms with Gasteiger partial charge >= 0.3 is 0 Å². The number of fused-ring (bicyclic) bond motifs is 1. The minimum absolute atomic E-state index is 0.0116. The molecule has 2 aliphatic carbocycles. The summed E-state index contributed by atoms with van der Waals surface area (Å²) < 4.78 is 0. The summed E-state index contributed by atoms with van der Waals surface area (Å²) in [5, 5.41) is 9.86. The van der Waals surface area contributed by atoms with Gasteiger partial charge in [-0.2, -0.15) is 0 Å². The molecule has 2 aliphatic rings. The smallest absolute Gasteiger partial charge is 0.0574 e. The summed E-state index contributed by atoms with van der Waals surface area (Å²) in [7, 11) is 0. The SMILES string of the molecule is O[C@H]1CCC[C@@]2(Cc3ccccc3)C[C@@H]12. The summed E-state index contributed by atoms with van der Waals surface area (Å²) in [6.07, 6.45) is 5.98. The molecule has 1 N–H and O–H groups in total. The van der Waals surface area contributed by atoms with Crippen molar-refractivity contribution in [3.8, 4) is 0 Å². The molecule has 1 nitrogen and oxygen atoms in total. The number of rotatable bonds is 2. The fourth-order valence-electron chi connectivity index (χ4n) is 3.37. The Morgan fingerprint density at radius 2 is 2.07 bits per heavy atom. The van der Waals surface area contributed by atoms with Crippen LogP contribution in [0, 0.1) is 11.3 Å². The van der Waals surface area contributed by atoms with Gasteiger partial charge in [-0.3, -0.25) is 0 Å². The van der Waals surface area contributed by atoms with E-state index in [0.29, 0.717) is 11.3 Å². The Labute approximate surface area is 91.1 Å². The predicted octanol–water partition coefficient (Wildman–Crippen LogP) is 2.78. The van der Waals surface area contributed by atoms with Crippen molar-refractivity contribution >= 4 is 0 Å². The van der Waals surface area contributed by atoms with Gasteiger partial charge in [0.15, 0.2) is 0 Å². The molecule has 3 rings (SSSR count). The summed E-state index contributed by atoms with van der Waals surface area (Å²) in [6, 6.07) is 10.7. The van der Waals surface area contributed by atoms with E-state index in [1.807, 2.05) is 0 Å². The third-order valence-corrected chi connectivity index (χ3v) is 4.29. The third kappa shape index (κ3) is 1.59. The molecule has 0 aromatic heterocycles. The van der Waals surface area contributed by atoms with E-state index >= 15 is 0 Å². The quantitative estimate of drug-likeness (QED) is 0.782. The summed E-state index contributed by atoms with van der Waals surface area (Å²) in [5.74, 6) is 0.603. The Morgan fingerprint density at radius 1 is 1.27 bits per heavy atom. The van der Waals surface area contributed by atoms with Crippen molar-refractivity contribution in [1.82, 2.24) is 0 Å². The van der Waals surface area contributed by atoms with Crippen molar-refractivity contribution in [3.05, 3.63) is 35.9 Å². The van der Waals surface area contributed by atoms with Crippen LogP contribution in [-0.2, 0) is 6.42 Å². The summed E-state index contributed by atoms with van der Waals surface area (Å²) >= 11 is 0. The van der Waals surface area contributed by atoms with E-state index in [1.54, 1.807) is 0 Å². The molecule has 2 fully saturated rings. The lowest BCUT2D eigenvalue weighted by atomic mass is 9.82. The Kier molecular flexibility index (Phi) is 2.10. The monoisotopic (exact) mass is 202 g/mol. The van der Waals surface area contributed by atoms with Gasteiger partial charge in [0.2, 0.25) is 0 Å². The lowest BCUT2D eigenvalue weighted by Crippen LogP contribution is -2.23. The van der Waals surface area contributed by atoms with Crippen LogP contribution in [0.5, 0.6) is 0 Å². The highest BCUT2D eigenvalue weighted by Crippen LogP contribution is 2.62. The molecular formula is C14H18O. The van der Waals surface area contributed by atoms with Crippen LogP contribution in [0.25, 0.3) is 0 Å². The highest BCUT2D eigenvalue weighted by atomic mass is 16.3. The molecule has 15 heavy (non-hydrogen) atoms. The van der Waals surface area contributed by atoms with Crippen LogP contribution in [0.15, 0.2) is 30.3 Å². The highest BCUT2D eigenvalue weighted by Gasteiger charge is 2.58. The summed E-state index contributed by atoms with van der Waals surface area (Å²) in [5.41, 5.74) is 1.91. The number of aliphatic hydroxyl groups is 1. The molecule has 0 unspecified atom stereocenters. The standard InChI is InChI=1S/C14H18O/c15-13-7-4-8-14(10-12(13)14)9-11-5-2-1-3-6-11/h1-3,5-6,12-13,15H,4,7-10H2/t12-,13-,14+/m0/s1. The fourth-order valence-corrected chi connectivity index (χ4v) is 3.37. The van der Waals surface area contributed by atoms with Gasteiger partial charge in [-0.1, -0.05) is 36.8 Å². The molecule has 80 valence electrons. The normalized spacial score (nSPS) is 38.5. The van der Waals surface area contributed by atoms with Crippen molar-refractivity contribution in [2.45, 2.75) is 38.2 Å². The Balaban J connectivity index is 1.74. The van der Waals surface area contributed by atoms with Gasteiger partial charge in [-0.15, -0.1) is 0 Å². The van der Waals surface area contributed by atoms with Crippen molar-refractivity contribution in [1.29, 1.82) is 0 Å². The van der Waals surface area contributed by atoms with Crippen molar-refractivity contribution in [2.24, 2.45) is 11.3 Å². The summed E-state index contributed by atoms with van der Waals surface area (Å²) in [4.78, 5) is 0. The molecule has 1 aromatic rings. The molecule has 2 saturated carbocycles. The van der Waals surface area contributed by atoms with Gasteiger partial charge < -0.3 is 5.11 Å². The number of hydrogen-bond acceptors (Lipinski definition) is 1. The van der Waals surface area contributed by atoms with E-state index in [2.05, 4.69) is 30.3 Å². The van der Waals surface area contributed by atoms with Gasteiger partial charge in [0.05, 0.1) is 6.10 Å². The molecule has 1 heteroatoms. The largest absolute Gasteiger partial charge is 0.393 e. The first-order valence-electron chi connectivity index (χ1n) is 6.02. The second kappa shape index (κ2) is 3.34. The molecule has 1 aromatic carbocycles. The van der Waals surface area contributed by atoms with E-state index in [-0.39, 0.29) is 6.10 Å². The molecule has 0 bridgehead atoms. The molecule has 0 saturated heterocycles. The van der Waals surface area contributed by atoms with Gasteiger partial charge in [0.25, 0.3) is 0 Å². The summed E-state index contributed by atoms with van der Waals surface area (Å²) in [6.45, 7) is 0. The number of aliphatic hydroxyl groups excluding tert-OH is 1. The maximum atomic E-state index is 9.86. The van der Waals surface area contributed by atoms with E-state index in [4.69, 9.17) is 0 Å². The van der Waals surface area contributed by atoms with Crippen LogP contribution in [0.2, 0.25) is 0 Å². The van der Waals surface area contributed by atoms with Crippen molar-refractivity contribution in [3.63, 3.8) is 0 Å². The van der Waals surface area contributed by atoms with Gasteiger partial charge in [-0.25, -0.2) is 0 Å². The Morgan fingerprint density at radius 3 is 2.87 bits per heavy atom. The molecule has 0 radical (unpaired) electrons. The average molecular weight is 202 g/mol. The topological polar surface area (TPSA) is 20.2 Å². The van der Waals surface area contributed by atoms with Crippen LogP contribution in [0.3, 0.4) is 0 Å². The fraction of sp³-hybridized carbons (Fsp3) is 0.571. The Hall–Kier alpha value is -0.820. The van der Waals surface area contributed by atoms with Crippen LogP contribution < -0.4 is 0 Å². The molecule has 0 heterocycles. The van der Waals surface area contributed by atoms with E-state index in [1.165, 1.54) is 31.2 Å². The zero-order chi connectivity index (χ0) is 10.3. The Bertz CT molecular complexity index is 346. The second-order valence-corrected chi connectivity index (χ2v) is 5.29. The first-order valence-corrected chi connectivity index (χ1v) is 6.02. The maximum Gasteiger partial charge on any atom is 0.0574 e. The first kappa shape index (κ1) is 9.41. The molecule has 0 spiro atoms. The number of benzene rings is 1. The predicted molar refractivity (Wildman–Crippen MR) is 60.5 cm³/mol. The zero-order valence-electron chi connectivity index (χ0n) is 9.02. The average Bonchev–Trinajstić information content (AvgIpc) is 2.95. The first-order chi connectivity index (χ1) is 7.30. The van der Waals surface area contributed by atoms with Crippen LogP contribution >= 0.6 is 0 Å². The van der Waals surface area contributed by atoms with Crippen LogP contribution in [0.4, 0.5) is 0 Å². The van der Waals surface area contributed by atoms with Gasteiger partial charge in [0.1, 0.15) is 0 Å². The maximum absolute atomic E-state index is 9.86. The third-order valence-electron chi connectivity index (χ3n) is 4.29. The van der Waals surface area contributed by atoms with Crippen LogP contribution in [0.1, 0.15) is 31.2 Å². The molecule has 0 aliphatic heterocycles. The van der Waals surface area contributed by atoms with Gasteiger partial charge in [-0.05, 0) is 42.6 Å². The van der Waals surface area contributed by atoms with Crippen molar-refractivity contribution < 1.29 is 5.11 Å². The van der Waals surface area contributed by atoms with Gasteiger partial charge in [0, 0.05) is 0 Å². The second-order valence-electron chi connectivity index (χ2n) is 5.29. The van der Waals surface area contributed by atoms with Crippen LogP contribution in [-0.4, -0.2) is 11.2 Å². The lowest BCUT2D eigenvalue weighted by Gasteiger charge is -2.25. The zero-order valence-corrected chi connectivity index (χ0v) is 9.02. The number of hydrogen-bond donors (Lipinski definition) is 1. The van der Waals surface area contributed by atoms with E-state index in [9.17, 15) is 5.11 Å². The molecule has 3 atom stereocenters. The highest BCUT2D eigenvalue weighted by molar-refractivity contribution is 5.21. The van der Waals surface area contributed by atoms with Crippen molar-refractivity contribution in [2.75, 3.05) is 0 Å². The minimum atomic E-state index is -0.0116. The lowest BCUT2D eigenvalue weighted by molar-refractivity contribution is 0.0930. The van der Waals surface area contributed by atoms with E-state index in [0.717, 1.165) is 6.42 Å².